The van der Waals surface area contributed by atoms with Gasteiger partial charge in [0.25, 0.3) is 0 Å². The Morgan fingerprint density at radius 2 is 1.78 bits per heavy atom. The van der Waals surface area contributed by atoms with E-state index < -0.39 is 0 Å². The van der Waals surface area contributed by atoms with Gasteiger partial charge in [-0.1, -0.05) is 13.8 Å². The fraction of sp³-hybridized carbons (Fsp3) is 0.800. The van der Waals surface area contributed by atoms with Gasteiger partial charge in [0.15, 0.2) is 0 Å². The summed E-state index contributed by atoms with van der Waals surface area (Å²) in [6, 6.07) is 0. The standard InChI is InChI=1S/C5H11OS2.Mn/c1-3-8(4-2)5(6)7;/h3-4H2,1-2H3,(H,6,7);/q-1;+2/p-1. The van der Waals surface area contributed by atoms with Crippen molar-refractivity contribution in [3.05, 3.63) is 0 Å². The van der Waals surface area contributed by atoms with Crippen molar-refractivity contribution in [3.63, 3.8) is 0 Å². The monoisotopic (exact) mass is 205 g/mol. The van der Waals surface area contributed by atoms with Crippen molar-refractivity contribution in [2.45, 2.75) is 13.8 Å². The van der Waals surface area contributed by atoms with Gasteiger partial charge in [0.05, 0.1) is 0 Å². The number of rotatable bonds is 2. The molecule has 0 spiro atoms. The first-order valence-corrected chi connectivity index (χ1v) is 4.58. The molecule has 0 unspecified atom stereocenters. The number of hydrogen-bond acceptors (Lipinski definition) is 3. The van der Waals surface area contributed by atoms with Crippen molar-refractivity contribution < 1.29 is 22.2 Å². The summed E-state index contributed by atoms with van der Waals surface area (Å²) < 4.78 is -0.0602. The van der Waals surface area contributed by atoms with Crippen molar-refractivity contribution in [2.24, 2.45) is 0 Å². The molecule has 0 aliphatic carbocycles. The molecule has 0 N–H and O–H groups in total. The molecule has 1 radical (unpaired) electrons. The van der Waals surface area contributed by atoms with Crippen LogP contribution >= 0.6 is 12.2 Å². The van der Waals surface area contributed by atoms with E-state index >= 15 is 0 Å². The Bertz CT molecular complexity index is 83.0. The van der Waals surface area contributed by atoms with Gasteiger partial charge in [0.1, 0.15) is 0 Å². The molecule has 9 heavy (non-hydrogen) atoms. The van der Waals surface area contributed by atoms with Crippen LogP contribution in [0.4, 0.5) is 0 Å². The minimum absolute atomic E-state index is 0. The second-order valence-electron chi connectivity index (χ2n) is 1.32. The maximum atomic E-state index is 10.4. The van der Waals surface area contributed by atoms with E-state index in [2.05, 4.69) is 12.2 Å². The van der Waals surface area contributed by atoms with E-state index in [0.29, 0.717) is 0 Å². The average molecular weight is 205 g/mol. The van der Waals surface area contributed by atoms with Crippen molar-refractivity contribution in [2.75, 3.05) is 11.5 Å². The zero-order valence-corrected chi connectivity index (χ0v) is 8.33. The molecule has 0 fully saturated rings. The summed E-state index contributed by atoms with van der Waals surface area (Å²) in [4.78, 5) is 0. The van der Waals surface area contributed by atoms with Crippen LogP contribution in [0.5, 0.6) is 0 Å². The smallest absolute Gasteiger partial charge is 0.884 e. The maximum absolute atomic E-state index is 10.4. The average Bonchev–Trinajstić information content (AvgIpc) is 1.69. The number of thiocarbonyl (C=S) groups is 1. The van der Waals surface area contributed by atoms with Crippen molar-refractivity contribution in [1.29, 1.82) is 0 Å². The molecule has 4 heteroatoms. The van der Waals surface area contributed by atoms with E-state index in [-0.39, 0.29) is 32.3 Å². The van der Waals surface area contributed by atoms with Crippen molar-refractivity contribution in [1.82, 2.24) is 0 Å². The third-order valence-electron chi connectivity index (χ3n) is 0.933. The Morgan fingerprint density at radius 3 is 1.78 bits per heavy atom. The van der Waals surface area contributed by atoms with Gasteiger partial charge >= 0.3 is 17.1 Å². The molecule has 1 nitrogen and oxygen atoms in total. The molecule has 0 aliphatic rings. The summed E-state index contributed by atoms with van der Waals surface area (Å²) in [6.07, 6.45) is 0. The quantitative estimate of drug-likeness (QED) is 0.367. The summed E-state index contributed by atoms with van der Waals surface area (Å²) in [5.74, 6) is 1.83. The molecule has 55 valence electrons. The van der Waals surface area contributed by atoms with Gasteiger partial charge in [-0.25, -0.2) is 0 Å². The van der Waals surface area contributed by atoms with Gasteiger partial charge in [-0.05, 0) is 0 Å². The van der Waals surface area contributed by atoms with Crippen LogP contribution in [0.25, 0.3) is 0 Å². The first kappa shape index (κ1) is 12.4. The third-order valence-corrected chi connectivity index (χ3v) is 3.50. The van der Waals surface area contributed by atoms with Crippen LogP contribution in [0.2, 0.25) is 0 Å². The van der Waals surface area contributed by atoms with Crippen LogP contribution in [-0.4, -0.2) is 15.9 Å². The van der Waals surface area contributed by atoms with Crippen molar-refractivity contribution >= 4 is 27.5 Å². The third kappa shape index (κ3) is 5.22. The van der Waals surface area contributed by atoms with Gasteiger partial charge in [-0.15, -0.1) is 23.7 Å². The van der Waals surface area contributed by atoms with Gasteiger partial charge < -0.3 is 16.0 Å². The van der Waals surface area contributed by atoms with Crippen LogP contribution in [0.3, 0.4) is 0 Å². The Hall–Kier alpha value is 0.759. The van der Waals surface area contributed by atoms with E-state index in [1.807, 2.05) is 13.8 Å². The summed E-state index contributed by atoms with van der Waals surface area (Å²) in [6.45, 7) is 3.99. The van der Waals surface area contributed by atoms with Crippen LogP contribution in [-0.2, 0) is 28.0 Å². The molecule has 0 rings (SSSR count). The Labute approximate surface area is 75.0 Å². The minimum atomic E-state index is -0.114. The summed E-state index contributed by atoms with van der Waals surface area (Å²) in [5.41, 5.74) is 0. The largest absolute Gasteiger partial charge is 2.00 e. The van der Waals surface area contributed by atoms with Crippen LogP contribution in [0.1, 0.15) is 13.8 Å². The molecule has 0 bridgehead atoms. The van der Waals surface area contributed by atoms with E-state index in [1.54, 1.807) is 0 Å². The first-order chi connectivity index (χ1) is 3.72. The molecule has 0 saturated heterocycles. The normalized spacial score (nSPS) is 9.78. The topological polar surface area (TPSA) is 23.1 Å². The second kappa shape index (κ2) is 6.87. The van der Waals surface area contributed by atoms with E-state index in [0.717, 1.165) is 11.5 Å². The van der Waals surface area contributed by atoms with Crippen molar-refractivity contribution in [3.8, 4) is 0 Å². The van der Waals surface area contributed by atoms with Gasteiger partial charge in [0, 0.05) is 0 Å². The molecule has 0 amide bonds. The molecular formula is C5H10MnOS2. The maximum Gasteiger partial charge on any atom is 2.00 e. The Kier molecular flexibility index (Phi) is 9.50. The van der Waals surface area contributed by atoms with Gasteiger partial charge in [-0.2, -0.15) is 4.38 Å². The predicted molar refractivity (Wildman–Crippen MR) is 41.0 cm³/mol. The molecule has 0 aromatic rings. The second-order valence-corrected chi connectivity index (χ2v) is 4.46. The molecule has 0 aromatic carbocycles. The SMILES string of the molecule is CC[S-](CC)C([O-])=S.[Mn+2]. The molecule has 0 aromatic heterocycles. The molecular weight excluding hydrogens is 195 g/mol. The zero-order chi connectivity index (χ0) is 6.57. The zero-order valence-electron chi connectivity index (χ0n) is 5.52. The van der Waals surface area contributed by atoms with Crippen LogP contribution in [0.15, 0.2) is 0 Å². The summed E-state index contributed by atoms with van der Waals surface area (Å²) in [7, 11) is -0.114. The van der Waals surface area contributed by atoms with E-state index in [1.165, 1.54) is 0 Å². The Morgan fingerprint density at radius 1 is 1.44 bits per heavy atom. The fourth-order valence-corrected chi connectivity index (χ4v) is 2.03. The first-order valence-electron chi connectivity index (χ1n) is 2.60. The summed E-state index contributed by atoms with van der Waals surface area (Å²) >= 11 is 4.47. The Balaban J connectivity index is 0. The molecule has 0 atom stereocenters. The minimum Gasteiger partial charge on any atom is -0.884 e. The molecule has 0 aliphatic heterocycles. The molecule has 0 heterocycles. The number of hydrogen-bond donors (Lipinski definition) is 0. The van der Waals surface area contributed by atoms with Crippen LogP contribution < -0.4 is 5.11 Å². The van der Waals surface area contributed by atoms with E-state index in [4.69, 9.17) is 0 Å². The van der Waals surface area contributed by atoms with Gasteiger partial charge in [0.2, 0.25) is 0 Å². The predicted octanol–water partition coefficient (Wildman–Crippen LogP) is 0.287. The fourth-order valence-electron chi connectivity index (χ4n) is 0.440. The summed E-state index contributed by atoms with van der Waals surface area (Å²) in [5, 5.41) is 10.4. The van der Waals surface area contributed by atoms with Crippen LogP contribution in [0, 0.1) is 0 Å². The van der Waals surface area contributed by atoms with Gasteiger partial charge in [-0.3, -0.25) is 0 Å². The van der Waals surface area contributed by atoms with E-state index in [9.17, 15) is 5.11 Å². The molecule has 0 saturated carbocycles.